The van der Waals surface area contributed by atoms with Gasteiger partial charge in [-0.1, -0.05) is 18.7 Å². The van der Waals surface area contributed by atoms with Crippen molar-refractivity contribution >= 4 is 16.9 Å². The van der Waals surface area contributed by atoms with Gasteiger partial charge in [0, 0.05) is 22.7 Å². The molecule has 94 valence electrons. The molecule has 0 bridgehead atoms. The number of nitrogens with zero attached hydrogens (tertiary/aromatic N) is 1. The lowest BCUT2D eigenvalue weighted by Gasteiger charge is -2.08. The van der Waals surface area contributed by atoms with Crippen LogP contribution >= 0.6 is 0 Å². The third kappa shape index (κ3) is 2.30. The zero-order chi connectivity index (χ0) is 13.1. The highest BCUT2D eigenvalue weighted by Gasteiger charge is 2.10. The van der Waals surface area contributed by atoms with Crippen LogP contribution in [-0.4, -0.2) is 17.1 Å². The van der Waals surface area contributed by atoms with E-state index in [1.807, 2.05) is 22.9 Å². The molecule has 0 unspecified atom stereocenters. The molecule has 3 nitrogen and oxygen atoms in total. The monoisotopic (exact) mass is 243 g/mol. The maximum absolute atomic E-state index is 11.5. The second-order valence-electron chi connectivity index (χ2n) is 4.28. The average Bonchev–Trinajstić information content (AvgIpc) is 2.74. The Morgan fingerprint density at radius 2 is 2.17 bits per heavy atom. The molecule has 0 spiro atoms. The van der Waals surface area contributed by atoms with Crippen LogP contribution in [0, 0.1) is 6.92 Å². The Morgan fingerprint density at radius 1 is 1.39 bits per heavy atom. The van der Waals surface area contributed by atoms with Gasteiger partial charge in [0.25, 0.3) is 0 Å². The van der Waals surface area contributed by atoms with Gasteiger partial charge in [-0.2, -0.15) is 0 Å². The number of aromatic nitrogens is 1. The van der Waals surface area contributed by atoms with Crippen LogP contribution in [0.5, 0.6) is 0 Å². The number of ether oxygens (including phenoxy) is 1. The van der Waals surface area contributed by atoms with Crippen molar-refractivity contribution < 1.29 is 9.53 Å². The third-order valence-electron chi connectivity index (χ3n) is 2.96. The predicted octanol–water partition coefficient (Wildman–Crippen LogP) is 3.07. The van der Waals surface area contributed by atoms with Crippen molar-refractivity contribution in [1.29, 1.82) is 0 Å². The molecular weight excluding hydrogens is 226 g/mol. The van der Waals surface area contributed by atoms with Gasteiger partial charge in [-0.3, -0.25) is 0 Å². The molecule has 1 aromatic carbocycles. The van der Waals surface area contributed by atoms with E-state index in [-0.39, 0.29) is 5.97 Å². The zero-order valence-electron chi connectivity index (χ0n) is 10.8. The summed E-state index contributed by atoms with van der Waals surface area (Å²) in [5, 5.41) is 1.20. The van der Waals surface area contributed by atoms with Crippen LogP contribution in [0.4, 0.5) is 0 Å². The van der Waals surface area contributed by atoms with E-state index >= 15 is 0 Å². The summed E-state index contributed by atoms with van der Waals surface area (Å²) in [6.45, 7) is 8.49. The highest BCUT2D eigenvalue weighted by atomic mass is 16.5. The van der Waals surface area contributed by atoms with Gasteiger partial charge in [0.15, 0.2) is 0 Å². The van der Waals surface area contributed by atoms with Gasteiger partial charge in [0.2, 0.25) is 0 Å². The van der Waals surface area contributed by atoms with Crippen LogP contribution in [0.25, 0.3) is 10.9 Å². The first-order valence-corrected chi connectivity index (χ1v) is 6.03. The number of hydrogen-bond donors (Lipinski definition) is 0. The Bertz CT molecular complexity index is 596. The molecule has 0 amide bonds. The van der Waals surface area contributed by atoms with E-state index in [0.29, 0.717) is 18.7 Å². The fourth-order valence-electron chi connectivity index (χ4n) is 2.02. The van der Waals surface area contributed by atoms with E-state index in [4.69, 9.17) is 4.74 Å². The predicted molar refractivity (Wildman–Crippen MR) is 72.4 cm³/mol. The van der Waals surface area contributed by atoms with Crippen LogP contribution < -0.4 is 0 Å². The van der Waals surface area contributed by atoms with Gasteiger partial charge in [-0.05, 0) is 31.5 Å². The van der Waals surface area contributed by atoms with Crippen LogP contribution in [-0.2, 0) is 16.1 Å². The largest absolute Gasteiger partial charge is 0.463 e. The van der Waals surface area contributed by atoms with Crippen LogP contribution in [0.15, 0.2) is 42.6 Å². The highest BCUT2D eigenvalue weighted by molar-refractivity contribution is 5.88. The fourth-order valence-corrected chi connectivity index (χ4v) is 2.02. The minimum Gasteiger partial charge on any atom is -0.463 e. The molecule has 18 heavy (non-hydrogen) atoms. The average molecular weight is 243 g/mol. The van der Waals surface area contributed by atoms with Crippen molar-refractivity contribution in [3.8, 4) is 0 Å². The SMILES string of the molecule is C=C(Cn1ccc2c(C)cccc21)C(=O)OCC. The smallest absolute Gasteiger partial charge is 0.335 e. The lowest BCUT2D eigenvalue weighted by atomic mass is 10.1. The Morgan fingerprint density at radius 3 is 2.89 bits per heavy atom. The van der Waals surface area contributed by atoms with Crippen molar-refractivity contribution in [2.45, 2.75) is 20.4 Å². The topological polar surface area (TPSA) is 31.2 Å². The van der Waals surface area contributed by atoms with Crippen molar-refractivity contribution in [3.05, 3.63) is 48.2 Å². The number of benzene rings is 1. The van der Waals surface area contributed by atoms with E-state index < -0.39 is 0 Å². The zero-order valence-corrected chi connectivity index (χ0v) is 10.8. The first kappa shape index (κ1) is 12.4. The molecule has 2 rings (SSSR count). The first-order valence-electron chi connectivity index (χ1n) is 6.03. The fraction of sp³-hybridized carbons (Fsp3) is 0.267. The number of aryl methyl sites for hydroxylation is 1. The molecule has 0 saturated heterocycles. The van der Waals surface area contributed by atoms with Crippen molar-refractivity contribution in [2.75, 3.05) is 6.61 Å². The van der Waals surface area contributed by atoms with Crippen LogP contribution in [0.1, 0.15) is 12.5 Å². The lowest BCUT2D eigenvalue weighted by molar-refractivity contribution is -0.138. The molecule has 0 atom stereocenters. The van der Waals surface area contributed by atoms with Gasteiger partial charge in [-0.15, -0.1) is 0 Å². The Balaban J connectivity index is 2.25. The summed E-state index contributed by atoms with van der Waals surface area (Å²) in [5.41, 5.74) is 2.81. The van der Waals surface area contributed by atoms with Crippen molar-refractivity contribution in [3.63, 3.8) is 0 Å². The van der Waals surface area contributed by atoms with Crippen molar-refractivity contribution in [2.24, 2.45) is 0 Å². The van der Waals surface area contributed by atoms with Gasteiger partial charge in [0.05, 0.1) is 13.2 Å². The highest BCUT2D eigenvalue weighted by Crippen LogP contribution is 2.20. The Kier molecular flexibility index (Phi) is 3.51. The van der Waals surface area contributed by atoms with E-state index in [1.165, 1.54) is 10.9 Å². The molecule has 2 aromatic rings. The summed E-state index contributed by atoms with van der Waals surface area (Å²) in [6.07, 6.45) is 1.97. The summed E-state index contributed by atoms with van der Waals surface area (Å²) in [7, 11) is 0. The normalized spacial score (nSPS) is 10.6. The van der Waals surface area contributed by atoms with Crippen LogP contribution in [0.3, 0.4) is 0 Å². The molecule has 1 heterocycles. The van der Waals surface area contributed by atoms with Crippen molar-refractivity contribution in [1.82, 2.24) is 4.57 Å². The van der Waals surface area contributed by atoms with Gasteiger partial charge < -0.3 is 9.30 Å². The molecule has 0 radical (unpaired) electrons. The molecule has 0 fully saturated rings. The molecular formula is C15H17NO2. The summed E-state index contributed by atoms with van der Waals surface area (Å²) in [6, 6.07) is 8.19. The van der Waals surface area contributed by atoms with Crippen LogP contribution in [0.2, 0.25) is 0 Å². The number of esters is 1. The third-order valence-corrected chi connectivity index (χ3v) is 2.96. The molecule has 1 aromatic heterocycles. The van der Waals surface area contributed by atoms with Gasteiger partial charge in [0.1, 0.15) is 0 Å². The Hall–Kier alpha value is -2.03. The number of carbonyl (C=O) groups is 1. The summed E-state index contributed by atoms with van der Waals surface area (Å²) in [5.74, 6) is -0.327. The molecule has 0 aliphatic carbocycles. The maximum Gasteiger partial charge on any atom is 0.335 e. The molecule has 3 heteroatoms. The molecule has 0 aliphatic rings. The summed E-state index contributed by atoms with van der Waals surface area (Å²) in [4.78, 5) is 11.5. The van der Waals surface area contributed by atoms with Gasteiger partial charge in [-0.25, -0.2) is 4.79 Å². The minimum absolute atomic E-state index is 0.327. The van der Waals surface area contributed by atoms with Gasteiger partial charge >= 0.3 is 5.97 Å². The number of carbonyl (C=O) groups excluding carboxylic acids is 1. The number of hydrogen-bond acceptors (Lipinski definition) is 2. The second kappa shape index (κ2) is 5.08. The van der Waals surface area contributed by atoms with E-state index in [0.717, 1.165) is 5.52 Å². The lowest BCUT2D eigenvalue weighted by Crippen LogP contribution is -2.11. The molecule has 0 N–H and O–H groups in total. The summed E-state index contributed by atoms with van der Waals surface area (Å²) >= 11 is 0. The molecule has 0 aliphatic heterocycles. The van der Waals surface area contributed by atoms with E-state index in [2.05, 4.69) is 25.6 Å². The molecule has 0 saturated carbocycles. The van der Waals surface area contributed by atoms with E-state index in [9.17, 15) is 4.79 Å². The van der Waals surface area contributed by atoms with E-state index in [1.54, 1.807) is 6.92 Å². The summed E-state index contributed by atoms with van der Waals surface area (Å²) < 4.78 is 6.95. The maximum atomic E-state index is 11.5. The second-order valence-corrected chi connectivity index (χ2v) is 4.28. The number of rotatable bonds is 4. The quantitative estimate of drug-likeness (QED) is 0.610. The first-order chi connectivity index (χ1) is 8.63. The standard InChI is InChI=1S/C15H17NO2/c1-4-18-15(17)12(3)10-16-9-8-13-11(2)6-5-7-14(13)16/h5-9H,3-4,10H2,1-2H3. The number of fused-ring (bicyclic) bond motifs is 1. The minimum atomic E-state index is -0.327. The Labute approximate surface area is 107 Å².